The first-order valence-corrected chi connectivity index (χ1v) is 11.6. The lowest BCUT2D eigenvalue weighted by atomic mass is 10.1. The van der Waals surface area contributed by atoms with Gasteiger partial charge in [0.05, 0.1) is 16.3 Å². The van der Waals surface area contributed by atoms with Gasteiger partial charge in [-0.3, -0.25) is 0 Å². The molecule has 11 heteroatoms. The predicted octanol–water partition coefficient (Wildman–Crippen LogP) is 3.02. The molecule has 172 valence electrons. The van der Waals surface area contributed by atoms with Crippen LogP contribution in [0.25, 0.3) is 5.69 Å². The van der Waals surface area contributed by atoms with E-state index in [1.54, 1.807) is 28.9 Å². The zero-order valence-corrected chi connectivity index (χ0v) is 18.8. The van der Waals surface area contributed by atoms with E-state index in [4.69, 9.17) is 14.4 Å². The van der Waals surface area contributed by atoms with E-state index in [0.29, 0.717) is 24.6 Å². The summed E-state index contributed by atoms with van der Waals surface area (Å²) in [6.45, 7) is 3.83. The van der Waals surface area contributed by atoms with Gasteiger partial charge in [0.25, 0.3) is 0 Å². The largest absolute Gasteiger partial charge is 0.482 e. The first kappa shape index (κ1) is 22.6. The highest BCUT2D eigenvalue weighted by molar-refractivity contribution is 7.89. The van der Waals surface area contributed by atoms with Crippen LogP contribution in [0.1, 0.15) is 28.7 Å². The van der Waals surface area contributed by atoms with Gasteiger partial charge in [-0.2, -0.15) is 10.1 Å². The standard InChI is InChI=1S/C22H22FN5O4S/c1-14-18(15(2)28(26-14)16-7-9-17(10-8-16)33(24,29)30)11-12-22-25-21(27-32-22)13-31-20-6-4-3-5-19(20)23/h3-10H,11-13H2,1-2H3,(H2,24,29,30). The summed E-state index contributed by atoms with van der Waals surface area (Å²) in [4.78, 5) is 4.35. The second-order valence-electron chi connectivity index (χ2n) is 7.42. The Hall–Kier alpha value is -3.57. The molecule has 0 saturated heterocycles. The van der Waals surface area contributed by atoms with Crippen molar-refractivity contribution in [1.29, 1.82) is 0 Å². The topological polar surface area (TPSA) is 126 Å². The number of sulfonamides is 1. The van der Waals surface area contributed by atoms with Crippen molar-refractivity contribution >= 4 is 10.0 Å². The van der Waals surface area contributed by atoms with E-state index in [0.717, 1.165) is 22.6 Å². The SMILES string of the molecule is Cc1nn(-c2ccc(S(N)(=O)=O)cc2)c(C)c1CCc1nc(COc2ccccc2F)no1. The Balaban J connectivity index is 1.42. The van der Waals surface area contributed by atoms with Crippen LogP contribution in [0.4, 0.5) is 4.39 Å². The number of nitrogens with two attached hydrogens (primary N) is 1. The number of ether oxygens (including phenoxy) is 1. The second-order valence-corrected chi connectivity index (χ2v) is 8.98. The molecule has 0 unspecified atom stereocenters. The van der Waals surface area contributed by atoms with Crippen molar-refractivity contribution in [3.8, 4) is 11.4 Å². The molecule has 0 amide bonds. The first-order valence-electron chi connectivity index (χ1n) is 10.1. The molecule has 2 N–H and O–H groups in total. The molecule has 0 fully saturated rings. The van der Waals surface area contributed by atoms with Gasteiger partial charge in [0.15, 0.2) is 18.2 Å². The number of hydrogen-bond acceptors (Lipinski definition) is 7. The summed E-state index contributed by atoms with van der Waals surface area (Å²) in [6.07, 6.45) is 1.10. The maximum absolute atomic E-state index is 13.6. The molecule has 33 heavy (non-hydrogen) atoms. The van der Waals surface area contributed by atoms with Crippen LogP contribution in [-0.2, 0) is 29.5 Å². The van der Waals surface area contributed by atoms with E-state index in [-0.39, 0.29) is 17.3 Å². The van der Waals surface area contributed by atoms with Crippen LogP contribution in [0, 0.1) is 19.7 Å². The van der Waals surface area contributed by atoms with E-state index in [1.807, 2.05) is 13.8 Å². The Kier molecular flexibility index (Phi) is 6.25. The Morgan fingerprint density at radius 1 is 1.09 bits per heavy atom. The highest BCUT2D eigenvalue weighted by atomic mass is 32.2. The number of aryl methyl sites for hydroxylation is 2. The fraction of sp³-hybridized carbons (Fsp3) is 0.227. The third-order valence-corrected chi connectivity index (χ3v) is 6.07. The molecule has 0 aliphatic rings. The van der Waals surface area contributed by atoms with Gasteiger partial charge in [0.1, 0.15) is 0 Å². The van der Waals surface area contributed by atoms with Gasteiger partial charge in [0, 0.05) is 12.1 Å². The minimum absolute atomic E-state index is 0.00502. The molecular formula is C22H22FN5O4S. The van der Waals surface area contributed by atoms with Gasteiger partial charge < -0.3 is 9.26 Å². The van der Waals surface area contributed by atoms with Crippen LogP contribution >= 0.6 is 0 Å². The number of para-hydroxylation sites is 1. The molecule has 0 saturated carbocycles. The van der Waals surface area contributed by atoms with Crippen molar-refractivity contribution in [3.63, 3.8) is 0 Å². The molecule has 0 radical (unpaired) electrons. The molecule has 4 aromatic rings. The second kappa shape index (κ2) is 9.12. The molecule has 4 rings (SSSR count). The molecular weight excluding hydrogens is 449 g/mol. The molecule has 2 aromatic carbocycles. The average molecular weight is 472 g/mol. The molecule has 0 aliphatic heterocycles. The molecule has 2 aromatic heterocycles. The minimum atomic E-state index is -3.75. The van der Waals surface area contributed by atoms with Crippen LogP contribution in [0.15, 0.2) is 57.9 Å². The Morgan fingerprint density at radius 3 is 2.52 bits per heavy atom. The summed E-state index contributed by atoms with van der Waals surface area (Å²) in [7, 11) is -3.75. The van der Waals surface area contributed by atoms with Crippen molar-refractivity contribution in [2.45, 2.75) is 38.2 Å². The fourth-order valence-corrected chi connectivity index (χ4v) is 3.97. The summed E-state index contributed by atoms with van der Waals surface area (Å²) >= 11 is 0. The summed E-state index contributed by atoms with van der Waals surface area (Å²) in [5.41, 5.74) is 3.50. The van der Waals surface area contributed by atoms with Crippen LogP contribution in [0.3, 0.4) is 0 Å². The number of primary sulfonamides is 1. The molecule has 0 spiro atoms. The summed E-state index contributed by atoms with van der Waals surface area (Å²) in [5, 5.41) is 13.6. The summed E-state index contributed by atoms with van der Waals surface area (Å²) < 4.78 is 49.0. The van der Waals surface area contributed by atoms with E-state index in [1.165, 1.54) is 24.3 Å². The van der Waals surface area contributed by atoms with Crippen LogP contribution in [0.2, 0.25) is 0 Å². The van der Waals surface area contributed by atoms with Crippen LogP contribution in [-0.4, -0.2) is 28.3 Å². The lowest BCUT2D eigenvalue weighted by molar-refractivity contribution is 0.272. The Labute approximate surface area is 190 Å². The van der Waals surface area contributed by atoms with Crippen molar-refractivity contribution in [2.75, 3.05) is 0 Å². The molecule has 9 nitrogen and oxygen atoms in total. The molecule has 2 heterocycles. The predicted molar refractivity (Wildman–Crippen MR) is 117 cm³/mol. The number of benzene rings is 2. The van der Waals surface area contributed by atoms with E-state index in [9.17, 15) is 12.8 Å². The third-order valence-electron chi connectivity index (χ3n) is 5.14. The normalized spacial score (nSPS) is 11.6. The molecule has 0 atom stereocenters. The summed E-state index contributed by atoms with van der Waals surface area (Å²) in [5.74, 6) is 0.432. The quantitative estimate of drug-likeness (QED) is 0.419. The van der Waals surface area contributed by atoms with E-state index in [2.05, 4.69) is 15.2 Å². The zero-order valence-electron chi connectivity index (χ0n) is 18.0. The highest BCUT2D eigenvalue weighted by Gasteiger charge is 2.16. The van der Waals surface area contributed by atoms with Crippen molar-refractivity contribution in [1.82, 2.24) is 19.9 Å². The Morgan fingerprint density at radius 2 is 1.82 bits per heavy atom. The number of rotatable bonds is 8. The third kappa shape index (κ3) is 5.10. The minimum Gasteiger partial charge on any atom is -0.482 e. The van der Waals surface area contributed by atoms with Crippen LogP contribution in [0.5, 0.6) is 5.75 Å². The zero-order chi connectivity index (χ0) is 23.6. The summed E-state index contributed by atoms with van der Waals surface area (Å²) in [6, 6.07) is 12.3. The molecule has 0 aliphatic carbocycles. The maximum atomic E-state index is 13.6. The smallest absolute Gasteiger partial charge is 0.238 e. The van der Waals surface area contributed by atoms with Crippen molar-refractivity contribution in [2.24, 2.45) is 5.14 Å². The lowest BCUT2D eigenvalue weighted by Crippen LogP contribution is -2.12. The van der Waals surface area contributed by atoms with Gasteiger partial charge in [-0.1, -0.05) is 17.3 Å². The lowest BCUT2D eigenvalue weighted by Gasteiger charge is -2.06. The fourth-order valence-electron chi connectivity index (χ4n) is 3.45. The van der Waals surface area contributed by atoms with E-state index >= 15 is 0 Å². The van der Waals surface area contributed by atoms with Gasteiger partial charge in [-0.15, -0.1) is 0 Å². The highest BCUT2D eigenvalue weighted by Crippen LogP contribution is 2.21. The maximum Gasteiger partial charge on any atom is 0.238 e. The van der Waals surface area contributed by atoms with Crippen molar-refractivity contribution < 1.29 is 22.1 Å². The van der Waals surface area contributed by atoms with Crippen molar-refractivity contribution in [3.05, 3.63) is 83.0 Å². The molecule has 0 bridgehead atoms. The van der Waals surface area contributed by atoms with E-state index < -0.39 is 15.8 Å². The van der Waals surface area contributed by atoms with Gasteiger partial charge in [-0.25, -0.2) is 22.6 Å². The van der Waals surface area contributed by atoms with Crippen LogP contribution < -0.4 is 9.88 Å². The Bertz CT molecular complexity index is 1380. The van der Waals surface area contributed by atoms with Gasteiger partial charge >= 0.3 is 0 Å². The number of hydrogen-bond donors (Lipinski definition) is 1. The number of aromatic nitrogens is 4. The monoisotopic (exact) mass is 471 g/mol. The first-order chi connectivity index (χ1) is 15.7. The van der Waals surface area contributed by atoms with Gasteiger partial charge in [-0.05, 0) is 62.2 Å². The number of nitrogens with zero attached hydrogens (tertiary/aromatic N) is 4. The van der Waals surface area contributed by atoms with Gasteiger partial charge in [0.2, 0.25) is 21.7 Å². The average Bonchev–Trinajstić information content (AvgIpc) is 3.35. The number of halogens is 1.